The summed E-state index contributed by atoms with van der Waals surface area (Å²) in [7, 11) is 0. The van der Waals surface area contributed by atoms with E-state index in [9.17, 15) is 9.59 Å². The molecule has 6 nitrogen and oxygen atoms in total. The Morgan fingerprint density at radius 2 is 1.76 bits per heavy atom. The van der Waals surface area contributed by atoms with E-state index < -0.39 is 0 Å². The zero-order chi connectivity index (χ0) is 27.7. The third kappa shape index (κ3) is 8.76. The van der Waals surface area contributed by atoms with Crippen LogP contribution in [0.3, 0.4) is 0 Å². The number of nitrogens with zero attached hydrogens (tertiary/aromatic N) is 3. The molecule has 3 rings (SSSR count). The highest BCUT2D eigenvalue weighted by atomic mass is 79.9. The zero-order valence-electron chi connectivity index (χ0n) is 23.3. The zero-order valence-corrected chi connectivity index (χ0v) is 24.9. The lowest BCUT2D eigenvalue weighted by molar-refractivity contribution is -0.132. The van der Waals surface area contributed by atoms with Crippen molar-refractivity contribution in [3.05, 3.63) is 87.7 Å². The van der Waals surface area contributed by atoms with Gasteiger partial charge in [0.1, 0.15) is 6.54 Å². The third-order valence-corrected chi connectivity index (χ3v) is 7.03. The lowest BCUT2D eigenvalue weighted by Crippen LogP contribution is -2.46. The number of hydrogen-bond donors (Lipinski definition) is 1. The molecule has 0 spiro atoms. The topological polar surface area (TPSA) is 57.6 Å². The van der Waals surface area contributed by atoms with Gasteiger partial charge in [0.2, 0.25) is 5.91 Å². The van der Waals surface area contributed by atoms with Gasteiger partial charge in [-0.2, -0.15) is 0 Å². The Labute approximate surface area is 236 Å². The summed E-state index contributed by atoms with van der Waals surface area (Å²) in [6.45, 7) is 12.7. The Morgan fingerprint density at radius 3 is 2.42 bits per heavy atom. The summed E-state index contributed by atoms with van der Waals surface area (Å²) < 4.78 is 3.24. The first kappa shape index (κ1) is 29.5. The molecule has 1 N–H and O–H groups in total. The van der Waals surface area contributed by atoms with Crippen molar-refractivity contribution in [2.75, 3.05) is 25.0 Å². The molecule has 3 amide bonds. The van der Waals surface area contributed by atoms with Crippen LogP contribution in [-0.4, -0.2) is 45.9 Å². The molecule has 0 fully saturated rings. The first-order chi connectivity index (χ1) is 18.2. The summed E-state index contributed by atoms with van der Waals surface area (Å²) in [5.74, 6) is 0.200. The van der Waals surface area contributed by atoms with Gasteiger partial charge in [-0.3, -0.25) is 4.79 Å². The lowest BCUT2D eigenvalue weighted by atomic mass is 10.1. The van der Waals surface area contributed by atoms with Gasteiger partial charge in [-0.15, -0.1) is 0 Å². The predicted molar refractivity (Wildman–Crippen MR) is 159 cm³/mol. The monoisotopic (exact) mass is 580 g/mol. The van der Waals surface area contributed by atoms with Crippen LogP contribution in [0.25, 0.3) is 0 Å². The number of carbonyl (C=O) groups excluding carboxylic acids is 2. The lowest BCUT2D eigenvalue weighted by Gasteiger charge is -2.29. The summed E-state index contributed by atoms with van der Waals surface area (Å²) >= 11 is 3.50. The van der Waals surface area contributed by atoms with Crippen molar-refractivity contribution in [3.8, 4) is 0 Å². The number of halogens is 1. The van der Waals surface area contributed by atoms with E-state index in [0.29, 0.717) is 19.6 Å². The van der Waals surface area contributed by atoms with Crippen LogP contribution in [0.2, 0.25) is 0 Å². The Balaban J connectivity index is 1.74. The Morgan fingerprint density at radius 1 is 1.03 bits per heavy atom. The molecule has 2 aromatic carbocycles. The molecule has 0 bridgehead atoms. The minimum absolute atomic E-state index is 0.0359. The van der Waals surface area contributed by atoms with Crippen molar-refractivity contribution in [1.82, 2.24) is 14.4 Å². The summed E-state index contributed by atoms with van der Waals surface area (Å²) in [4.78, 5) is 30.5. The summed E-state index contributed by atoms with van der Waals surface area (Å²) in [6, 6.07) is 18.1. The van der Waals surface area contributed by atoms with Gasteiger partial charge in [0.15, 0.2) is 0 Å². The number of nitrogens with one attached hydrogen (secondary N) is 1. The van der Waals surface area contributed by atoms with Crippen molar-refractivity contribution >= 4 is 33.6 Å². The molecule has 0 saturated carbocycles. The standard InChI is InChI=1S/C31H41BrN4O2/c1-6-7-16-35(21-28-9-8-17-34(28)20-26-11-13-27(32)14-12-26)30(37)22-36(19-23(2)3)31(38)33-29-15-10-24(4)18-25(29)5/h8-15,17-18,23H,6-7,16,19-22H2,1-5H3,(H,33,38). The SMILES string of the molecule is CCCCN(Cc1cccn1Cc1ccc(Br)cc1)C(=O)CN(CC(C)C)C(=O)Nc1ccc(C)cc1C. The molecule has 0 unspecified atom stereocenters. The van der Waals surface area contributed by atoms with Crippen LogP contribution in [-0.2, 0) is 17.9 Å². The molecule has 0 aliphatic heterocycles. The van der Waals surface area contributed by atoms with Gasteiger partial charge in [0.05, 0.1) is 6.54 Å². The predicted octanol–water partition coefficient (Wildman–Crippen LogP) is 7.23. The van der Waals surface area contributed by atoms with Gasteiger partial charge in [-0.25, -0.2) is 4.79 Å². The number of hydrogen-bond acceptors (Lipinski definition) is 2. The maximum atomic E-state index is 13.6. The Hall–Kier alpha value is -3.06. The van der Waals surface area contributed by atoms with E-state index in [1.165, 1.54) is 5.56 Å². The molecule has 0 aliphatic carbocycles. The van der Waals surface area contributed by atoms with Gasteiger partial charge in [0, 0.05) is 41.7 Å². The van der Waals surface area contributed by atoms with Crippen LogP contribution < -0.4 is 5.32 Å². The second kappa shape index (κ2) is 14.2. The highest BCUT2D eigenvalue weighted by molar-refractivity contribution is 9.10. The molecular formula is C31H41BrN4O2. The van der Waals surface area contributed by atoms with Crippen LogP contribution in [0.4, 0.5) is 10.5 Å². The van der Waals surface area contributed by atoms with Gasteiger partial charge in [0.25, 0.3) is 0 Å². The fraction of sp³-hybridized carbons (Fsp3) is 0.419. The maximum absolute atomic E-state index is 13.6. The van der Waals surface area contributed by atoms with Crippen molar-refractivity contribution in [1.29, 1.82) is 0 Å². The second-order valence-electron chi connectivity index (χ2n) is 10.4. The van der Waals surface area contributed by atoms with Crippen LogP contribution in [0, 0.1) is 19.8 Å². The molecule has 204 valence electrons. The van der Waals surface area contributed by atoms with Gasteiger partial charge in [-0.1, -0.05) is 73.0 Å². The summed E-state index contributed by atoms with van der Waals surface area (Å²) in [6.07, 6.45) is 3.97. The van der Waals surface area contributed by atoms with Crippen molar-refractivity contribution in [3.63, 3.8) is 0 Å². The number of aryl methyl sites for hydroxylation is 2. The number of rotatable bonds is 12. The van der Waals surface area contributed by atoms with Gasteiger partial charge in [-0.05, 0) is 67.6 Å². The number of benzene rings is 2. The van der Waals surface area contributed by atoms with Crippen LogP contribution in [0.15, 0.2) is 65.3 Å². The average molecular weight is 582 g/mol. The minimum atomic E-state index is -0.243. The van der Waals surface area contributed by atoms with Crippen molar-refractivity contribution in [2.24, 2.45) is 5.92 Å². The van der Waals surface area contributed by atoms with Crippen molar-refractivity contribution < 1.29 is 9.59 Å². The Bertz CT molecular complexity index is 1200. The molecule has 3 aromatic rings. The minimum Gasteiger partial charge on any atom is -0.345 e. The summed E-state index contributed by atoms with van der Waals surface area (Å²) in [5.41, 5.74) is 5.20. The van der Waals surface area contributed by atoms with E-state index in [1.807, 2.05) is 55.1 Å². The molecule has 38 heavy (non-hydrogen) atoms. The number of urea groups is 1. The Kier molecular flexibility index (Phi) is 11.0. The number of amides is 3. The molecule has 1 heterocycles. The number of anilines is 1. The number of unbranched alkanes of at least 4 members (excludes halogenated alkanes) is 1. The first-order valence-electron chi connectivity index (χ1n) is 13.5. The largest absolute Gasteiger partial charge is 0.345 e. The van der Waals surface area contributed by atoms with Gasteiger partial charge >= 0.3 is 6.03 Å². The summed E-state index contributed by atoms with van der Waals surface area (Å²) in [5, 5.41) is 3.03. The van der Waals surface area contributed by atoms with Crippen LogP contribution >= 0.6 is 15.9 Å². The average Bonchev–Trinajstić information content (AvgIpc) is 3.30. The normalized spacial score (nSPS) is 11.0. The van der Waals surface area contributed by atoms with Crippen LogP contribution in [0.5, 0.6) is 0 Å². The van der Waals surface area contributed by atoms with Crippen LogP contribution in [0.1, 0.15) is 56.0 Å². The van der Waals surface area contributed by atoms with E-state index in [0.717, 1.165) is 46.4 Å². The molecule has 7 heteroatoms. The van der Waals surface area contributed by atoms with Crippen molar-refractivity contribution in [2.45, 2.75) is 60.5 Å². The maximum Gasteiger partial charge on any atom is 0.322 e. The number of aromatic nitrogens is 1. The smallest absolute Gasteiger partial charge is 0.322 e. The molecular weight excluding hydrogens is 540 g/mol. The van der Waals surface area contributed by atoms with E-state index in [4.69, 9.17) is 0 Å². The quantitative estimate of drug-likeness (QED) is 0.245. The molecule has 0 radical (unpaired) electrons. The molecule has 0 aliphatic rings. The molecule has 0 saturated heterocycles. The third-order valence-electron chi connectivity index (χ3n) is 6.50. The van der Waals surface area contributed by atoms with Gasteiger partial charge < -0.3 is 19.7 Å². The highest BCUT2D eigenvalue weighted by Gasteiger charge is 2.23. The molecule has 1 aromatic heterocycles. The van der Waals surface area contributed by atoms with E-state index in [-0.39, 0.29) is 24.4 Å². The van der Waals surface area contributed by atoms with E-state index in [2.05, 4.69) is 71.0 Å². The van der Waals surface area contributed by atoms with E-state index in [1.54, 1.807) is 4.90 Å². The highest BCUT2D eigenvalue weighted by Crippen LogP contribution is 2.18. The van der Waals surface area contributed by atoms with E-state index >= 15 is 0 Å². The fourth-order valence-corrected chi connectivity index (χ4v) is 4.71. The first-order valence-corrected chi connectivity index (χ1v) is 14.2. The fourth-order valence-electron chi connectivity index (χ4n) is 4.44. The molecule has 0 atom stereocenters. The number of carbonyl (C=O) groups is 2. The second-order valence-corrected chi connectivity index (χ2v) is 11.4.